The third-order valence-electron chi connectivity index (χ3n) is 4.31. The number of aromatic nitrogens is 1. The maximum absolute atomic E-state index is 12.3. The number of hydrogen-bond donors (Lipinski definition) is 4. The van der Waals surface area contributed by atoms with Crippen molar-refractivity contribution in [1.29, 1.82) is 0 Å². The number of thiol groups is 1. The third-order valence-corrected chi connectivity index (χ3v) is 4.51. The number of hydrogen-bond acceptors (Lipinski definition) is 6. The highest BCUT2D eigenvalue weighted by Gasteiger charge is 2.44. The van der Waals surface area contributed by atoms with Crippen molar-refractivity contribution in [2.75, 3.05) is 0 Å². The zero-order valence-electron chi connectivity index (χ0n) is 13.6. The van der Waals surface area contributed by atoms with Gasteiger partial charge in [-0.1, -0.05) is 12.8 Å². The number of aromatic hydroxyl groups is 1. The number of pyridine rings is 1. The number of rotatable bonds is 2. The minimum atomic E-state index is -1.06. The number of carbonyl (C=O) groups is 1. The predicted molar refractivity (Wildman–Crippen MR) is 94.1 cm³/mol. The summed E-state index contributed by atoms with van der Waals surface area (Å²) in [6.45, 7) is 3.43. The normalized spacial score (nSPS) is 21.1. The zero-order valence-corrected chi connectivity index (χ0v) is 14.5. The molecule has 2 heterocycles. The van der Waals surface area contributed by atoms with Gasteiger partial charge in [0.2, 0.25) is 0 Å². The van der Waals surface area contributed by atoms with Crippen molar-refractivity contribution in [3.05, 3.63) is 58.0 Å². The second-order valence-corrected chi connectivity index (χ2v) is 6.64. The van der Waals surface area contributed by atoms with Gasteiger partial charge in [-0.05, 0) is 38.1 Å². The molecule has 132 valence electrons. The molecule has 7 nitrogen and oxygen atoms in total. The first-order chi connectivity index (χ1) is 11.7. The number of benzene rings is 1. The van der Waals surface area contributed by atoms with Crippen molar-refractivity contribution in [2.24, 2.45) is 0 Å². The predicted octanol–water partition coefficient (Wildman–Crippen LogP) is 1.25. The maximum Gasteiger partial charge on any atom is 0.260 e. The highest BCUT2D eigenvalue weighted by atomic mass is 32.1. The second-order valence-electron chi connectivity index (χ2n) is 6.42. The van der Waals surface area contributed by atoms with E-state index in [2.05, 4.69) is 17.5 Å². The monoisotopic (exact) mass is 362 g/mol. The summed E-state index contributed by atoms with van der Waals surface area (Å²) < 4.78 is 9.40. The van der Waals surface area contributed by atoms with E-state index in [4.69, 9.17) is 4.74 Å². The second kappa shape index (κ2) is 6.12. The van der Waals surface area contributed by atoms with Gasteiger partial charge in [0.1, 0.15) is 23.2 Å². The Kier molecular flexibility index (Phi) is 4.26. The largest absolute Gasteiger partial charge is 0.508 e. The van der Waals surface area contributed by atoms with Crippen molar-refractivity contribution in [2.45, 2.75) is 31.6 Å². The van der Waals surface area contributed by atoms with Gasteiger partial charge < -0.3 is 19.5 Å². The van der Waals surface area contributed by atoms with Crippen LogP contribution in [0.5, 0.6) is 11.5 Å². The Labute approximate surface area is 149 Å². The molecule has 1 aromatic carbocycles. The summed E-state index contributed by atoms with van der Waals surface area (Å²) in [5.74, 6) is -0.108. The number of fused-ring (bicyclic) bond motifs is 1. The number of ether oxygens (including phenoxy) is 1. The molecular weight excluding hydrogens is 344 g/mol. The van der Waals surface area contributed by atoms with Gasteiger partial charge in [0, 0.05) is 23.4 Å². The molecule has 25 heavy (non-hydrogen) atoms. The van der Waals surface area contributed by atoms with E-state index in [1.165, 1.54) is 16.8 Å². The molecule has 2 atom stereocenters. The lowest BCUT2D eigenvalue weighted by Gasteiger charge is -2.42. The van der Waals surface area contributed by atoms with Crippen LogP contribution in [-0.4, -0.2) is 32.4 Å². The summed E-state index contributed by atoms with van der Waals surface area (Å²) in [7, 11) is 0. The van der Waals surface area contributed by atoms with Crippen LogP contribution in [0.2, 0.25) is 0 Å². The number of amides is 1. The SMILES string of the molecule is CC1(C)Oc2ccc(C(=O)NS)cc2C(n2ccc(O)cc2=O)C1O. The molecule has 1 aliphatic rings. The van der Waals surface area contributed by atoms with E-state index in [9.17, 15) is 19.8 Å². The number of carbonyl (C=O) groups excluding carboxylic acids is 1. The molecule has 1 amide bonds. The average Bonchev–Trinajstić information content (AvgIpc) is 2.56. The van der Waals surface area contributed by atoms with Crippen molar-refractivity contribution in [3.8, 4) is 11.5 Å². The first-order valence-electron chi connectivity index (χ1n) is 7.61. The third kappa shape index (κ3) is 2.98. The molecule has 0 bridgehead atoms. The molecule has 0 radical (unpaired) electrons. The summed E-state index contributed by atoms with van der Waals surface area (Å²) in [5, 5.41) is 20.3. The van der Waals surface area contributed by atoms with E-state index in [-0.39, 0.29) is 5.75 Å². The maximum atomic E-state index is 12.3. The number of aliphatic hydroxyl groups is 1. The Hall–Kier alpha value is -2.45. The fraction of sp³-hybridized carbons (Fsp3) is 0.294. The highest BCUT2D eigenvalue weighted by molar-refractivity contribution is 7.78. The lowest BCUT2D eigenvalue weighted by molar-refractivity contribution is -0.0643. The van der Waals surface area contributed by atoms with Crippen LogP contribution in [0.1, 0.15) is 35.8 Å². The number of nitrogens with one attached hydrogen (secondary N) is 1. The fourth-order valence-corrected chi connectivity index (χ4v) is 3.11. The van der Waals surface area contributed by atoms with E-state index in [0.717, 1.165) is 6.07 Å². The molecule has 0 saturated heterocycles. The van der Waals surface area contributed by atoms with Crippen LogP contribution < -0.4 is 15.0 Å². The van der Waals surface area contributed by atoms with E-state index < -0.39 is 29.2 Å². The Morgan fingerprint density at radius 1 is 1.32 bits per heavy atom. The topological polar surface area (TPSA) is 101 Å². The molecule has 8 heteroatoms. The summed E-state index contributed by atoms with van der Waals surface area (Å²) in [5.41, 5.74) is -0.616. The summed E-state index contributed by atoms with van der Waals surface area (Å²) >= 11 is 3.76. The minimum Gasteiger partial charge on any atom is -0.508 e. The summed E-state index contributed by atoms with van der Waals surface area (Å²) in [6.07, 6.45) is 0.346. The Morgan fingerprint density at radius 2 is 2.04 bits per heavy atom. The van der Waals surface area contributed by atoms with Crippen molar-refractivity contribution in [3.63, 3.8) is 0 Å². The Bertz CT molecular complexity index is 893. The summed E-state index contributed by atoms with van der Waals surface area (Å²) in [4.78, 5) is 24.2. The van der Waals surface area contributed by atoms with Gasteiger partial charge >= 0.3 is 0 Å². The van der Waals surface area contributed by atoms with Gasteiger partial charge in [-0.3, -0.25) is 14.3 Å². The molecule has 2 aromatic rings. The lowest BCUT2D eigenvalue weighted by Crippen LogP contribution is -2.52. The standard InChI is InChI=1S/C17H18N2O5S/c1-17(2)15(22)14(19-6-5-10(20)8-13(19)21)11-7-9(16(23)18-25)3-4-12(11)24-17/h3-8,14-15,20,22,25H,1-2H3,(H,18,23). The van der Waals surface area contributed by atoms with Gasteiger partial charge in [0.15, 0.2) is 0 Å². The molecule has 2 unspecified atom stereocenters. The van der Waals surface area contributed by atoms with E-state index >= 15 is 0 Å². The van der Waals surface area contributed by atoms with Gasteiger partial charge in [0.05, 0.1) is 6.04 Å². The van der Waals surface area contributed by atoms with Crippen LogP contribution in [-0.2, 0) is 0 Å². The molecule has 1 aliphatic heterocycles. The average molecular weight is 362 g/mol. The Balaban J connectivity index is 2.23. The quantitative estimate of drug-likeness (QED) is 0.603. The molecular formula is C17H18N2O5S. The van der Waals surface area contributed by atoms with Crippen molar-refractivity contribution < 1.29 is 19.7 Å². The van der Waals surface area contributed by atoms with Crippen LogP contribution in [0, 0.1) is 0 Å². The number of aliphatic hydroxyl groups excluding tert-OH is 1. The van der Waals surface area contributed by atoms with Crippen LogP contribution in [0.15, 0.2) is 41.3 Å². The summed E-state index contributed by atoms with van der Waals surface area (Å²) in [6, 6.07) is 6.41. The molecule has 3 N–H and O–H groups in total. The van der Waals surface area contributed by atoms with Crippen LogP contribution >= 0.6 is 12.8 Å². The minimum absolute atomic E-state index is 0.162. The van der Waals surface area contributed by atoms with Gasteiger partial charge in [-0.2, -0.15) is 0 Å². The molecule has 0 saturated carbocycles. The van der Waals surface area contributed by atoms with Crippen LogP contribution in [0.25, 0.3) is 0 Å². The molecule has 0 aliphatic carbocycles. The van der Waals surface area contributed by atoms with E-state index in [0.29, 0.717) is 16.9 Å². The van der Waals surface area contributed by atoms with Gasteiger partial charge in [-0.15, -0.1) is 0 Å². The van der Waals surface area contributed by atoms with Gasteiger partial charge in [0.25, 0.3) is 11.5 Å². The van der Waals surface area contributed by atoms with Crippen LogP contribution in [0.4, 0.5) is 0 Å². The molecule has 0 spiro atoms. The first-order valence-corrected chi connectivity index (χ1v) is 8.06. The number of nitrogens with zero attached hydrogens (tertiary/aromatic N) is 1. The van der Waals surface area contributed by atoms with E-state index in [1.807, 2.05) is 0 Å². The first kappa shape index (κ1) is 17.4. The van der Waals surface area contributed by atoms with Crippen molar-refractivity contribution >= 4 is 18.7 Å². The van der Waals surface area contributed by atoms with Gasteiger partial charge in [-0.25, -0.2) is 0 Å². The van der Waals surface area contributed by atoms with E-state index in [1.54, 1.807) is 32.0 Å². The zero-order chi connectivity index (χ0) is 18.4. The molecule has 3 rings (SSSR count). The van der Waals surface area contributed by atoms with Crippen molar-refractivity contribution in [1.82, 2.24) is 9.29 Å². The fourth-order valence-electron chi connectivity index (χ4n) is 2.98. The lowest BCUT2D eigenvalue weighted by atomic mass is 9.85. The van der Waals surface area contributed by atoms with Crippen LogP contribution in [0.3, 0.4) is 0 Å². The Morgan fingerprint density at radius 3 is 2.68 bits per heavy atom. The highest BCUT2D eigenvalue weighted by Crippen LogP contribution is 2.41. The smallest absolute Gasteiger partial charge is 0.260 e. The molecule has 0 fully saturated rings. The molecule has 1 aromatic heterocycles.